The molecule has 0 aromatic rings. The molecule has 0 aliphatic carbocycles. The van der Waals surface area contributed by atoms with Crippen LogP contribution < -0.4 is 5.32 Å². The Morgan fingerprint density at radius 3 is 0.923 bits per heavy atom. The van der Waals surface area contributed by atoms with Crippen LogP contribution in [0.4, 0.5) is 0 Å². The van der Waals surface area contributed by atoms with Crippen LogP contribution in [0.2, 0.25) is 0 Å². The van der Waals surface area contributed by atoms with Crippen molar-refractivity contribution in [3.8, 4) is 0 Å². The largest absolute Gasteiger partial charge is 0.394 e. The number of amides is 1. The van der Waals surface area contributed by atoms with Crippen molar-refractivity contribution in [3.05, 3.63) is 0 Å². The van der Waals surface area contributed by atoms with E-state index in [0.717, 1.165) is 25.7 Å². The summed E-state index contributed by atoms with van der Waals surface area (Å²) in [7, 11) is 0. The molecule has 0 bridgehead atoms. The Morgan fingerprint density at radius 1 is 0.404 bits per heavy atom. The van der Waals surface area contributed by atoms with Crippen LogP contribution in [0, 0.1) is 0 Å². The second kappa shape index (κ2) is 43.1. The maximum absolute atomic E-state index is 12.5. The van der Waals surface area contributed by atoms with Gasteiger partial charge >= 0.3 is 0 Å². The number of aliphatic hydroxyl groups excluding tert-OH is 3. The van der Waals surface area contributed by atoms with E-state index < -0.39 is 18.2 Å². The van der Waals surface area contributed by atoms with E-state index in [1.165, 1.54) is 212 Å². The summed E-state index contributed by atoms with van der Waals surface area (Å²) in [6, 6.07) is -0.652. The van der Waals surface area contributed by atoms with Gasteiger partial charge in [0.2, 0.25) is 5.91 Å². The molecule has 0 aromatic heterocycles. The normalized spacial score (nSPS) is 13.4. The van der Waals surface area contributed by atoms with E-state index in [4.69, 9.17) is 0 Å². The highest BCUT2D eigenvalue weighted by Crippen LogP contribution is 2.17. The summed E-state index contributed by atoms with van der Waals surface area (Å²) in [6.07, 6.45) is 49.3. The lowest BCUT2D eigenvalue weighted by Crippen LogP contribution is -2.46. The molecule has 0 spiro atoms. The number of aliphatic hydroxyl groups is 3. The van der Waals surface area contributed by atoms with Gasteiger partial charge in [-0.1, -0.05) is 251 Å². The molecule has 0 aliphatic heterocycles. The topological polar surface area (TPSA) is 89.8 Å². The Kier molecular flexibility index (Phi) is 42.5. The highest BCUT2D eigenvalue weighted by molar-refractivity contribution is 5.76. The van der Waals surface area contributed by atoms with Crippen LogP contribution in [-0.2, 0) is 4.79 Å². The Morgan fingerprint density at radius 2 is 0.654 bits per heavy atom. The highest BCUT2D eigenvalue weighted by atomic mass is 16.3. The summed E-state index contributed by atoms with van der Waals surface area (Å²) < 4.78 is 0. The molecule has 0 radical (unpaired) electrons. The van der Waals surface area contributed by atoms with Crippen molar-refractivity contribution >= 4 is 5.91 Å². The zero-order valence-electron chi connectivity index (χ0n) is 35.5. The molecular weight excluding hydrogens is 643 g/mol. The Bertz CT molecular complexity index is 688. The average molecular weight is 738 g/mol. The smallest absolute Gasteiger partial charge is 0.222 e. The third kappa shape index (κ3) is 39.1. The minimum atomic E-state index is -0.744. The molecule has 0 aromatic carbocycles. The summed E-state index contributed by atoms with van der Waals surface area (Å²) in [4.78, 5) is 12.5. The first-order chi connectivity index (χ1) is 25.5. The van der Waals surface area contributed by atoms with Crippen molar-refractivity contribution < 1.29 is 20.1 Å². The van der Waals surface area contributed by atoms with Crippen molar-refractivity contribution in [1.82, 2.24) is 5.32 Å². The number of carbonyl (C=O) groups excluding carboxylic acids is 1. The van der Waals surface area contributed by atoms with Crippen molar-refractivity contribution in [1.29, 1.82) is 0 Å². The minimum absolute atomic E-state index is 0.0431. The summed E-state index contributed by atoms with van der Waals surface area (Å²) in [6.45, 7) is 4.29. The van der Waals surface area contributed by atoms with Gasteiger partial charge in [0.25, 0.3) is 0 Å². The van der Waals surface area contributed by atoms with Crippen LogP contribution >= 0.6 is 0 Å². The number of rotatable bonds is 44. The van der Waals surface area contributed by atoms with Gasteiger partial charge in [-0.3, -0.25) is 4.79 Å². The second-order valence-corrected chi connectivity index (χ2v) is 16.7. The first kappa shape index (κ1) is 51.4. The lowest BCUT2D eigenvalue weighted by molar-refractivity contribution is -0.125. The van der Waals surface area contributed by atoms with E-state index >= 15 is 0 Å². The Labute approximate surface area is 326 Å². The molecule has 5 nitrogen and oxygen atoms in total. The maximum Gasteiger partial charge on any atom is 0.222 e. The van der Waals surface area contributed by atoms with Crippen LogP contribution in [-0.4, -0.2) is 46.1 Å². The van der Waals surface area contributed by atoms with Crippen LogP contribution in [0.5, 0.6) is 0 Å². The molecule has 3 atom stereocenters. The summed E-state index contributed by atoms with van der Waals surface area (Å²) in [5.74, 6) is -0.277. The van der Waals surface area contributed by atoms with Gasteiger partial charge in [0.15, 0.2) is 0 Å². The standard InChI is InChI=1S/C47H95NO4/c1-3-5-7-9-11-13-15-17-19-21-23-25-27-29-31-33-35-37-39-41-46(51)45(43-49)48-47(52)42-44(50)40-38-36-34-32-30-28-26-24-22-20-18-16-14-12-10-8-6-4-2/h44-46,49-51H,3-43H2,1-2H3,(H,48,52). The molecule has 5 heteroatoms. The first-order valence-corrected chi connectivity index (χ1v) is 23.8. The molecule has 0 heterocycles. The number of hydrogen-bond donors (Lipinski definition) is 4. The maximum atomic E-state index is 12.5. The zero-order valence-corrected chi connectivity index (χ0v) is 35.5. The number of carbonyl (C=O) groups is 1. The van der Waals surface area contributed by atoms with Crippen molar-refractivity contribution in [2.75, 3.05) is 6.61 Å². The SMILES string of the molecule is CCCCCCCCCCCCCCCCCCCCCC(O)C(CO)NC(=O)CC(O)CCCCCCCCCCCCCCCCCCCC. The fraction of sp³-hybridized carbons (Fsp3) is 0.979. The Balaban J connectivity index is 3.55. The van der Waals surface area contributed by atoms with E-state index in [-0.39, 0.29) is 18.9 Å². The van der Waals surface area contributed by atoms with Crippen molar-refractivity contribution in [3.63, 3.8) is 0 Å². The Hall–Kier alpha value is -0.650. The van der Waals surface area contributed by atoms with E-state index in [1.54, 1.807) is 0 Å². The van der Waals surface area contributed by atoms with E-state index in [0.29, 0.717) is 12.8 Å². The van der Waals surface area contributed by atoms with E-state index in [1.807, 2.05) is 0 Å². The predicted molar refractivity (Wildman–Crippen MR) is 227 cm³/mol. The number of hydrogen-bond acceptors (Lipinski definition) is 4. The molecule has 0 saturated heterocycles. The zero-order chi connectivity index (χ0) is 38.0. The molecule has 4 N–H and O–H groups in total. The molecule has 3 unspecified atom stereocenters. The lowest BCUT2D eigenvalue weighted by Gasteiger charge is -2.23. The molecule has 312 valence electrons. The molecule has 0 rings (SSSR count). The van der Waals surface area contributed by atoms with Gasteiger partial charge in [0.1, 0.15) is 0 Å². The summed E-state index contributed by atoms with van der Waals surface area (Å²) in [5, 5.41) is 33.5. The number of nitrogens with one attached hydrogen (secondary N) is 1. The van der Waals surface area contributed by atoms with Crippen molar-refractivity contribution in [2.24, 2.45) is 0 Å². The molecule has 0 saturated carbocycles. The van der Waals surface area contributed by atoms with Crippen LogP contribution in [0.15, 0.2) is 0 Å². The van der Waals surface area contributed by atoms with Crippen LogP contribution in [0.25, 0.3) is 0 Å². The van der Waals surface area contributed by atoms with Crippen LogP contribution in [0.3, 0.4) is 0 Å². The van der Waals surface area contributed by atoms with Crippen LogP contribution in [0.1, 0.15) is 271 Å². The predicted octanol–water partition coefficient (Wildman–Crippen LogP) is 13.8. The fourth-order valence-electron chi connectivity index (χ4n) is 7.76. The van der Waals surface area contributed by atoms with Gasteiger partial charge in [0.05, 0.1) is 31.3 Å². The molecular formula is C47H95NO4. The second-order valence-electron chi connectivity index (χ2n) is 16.7. The first-order valence-electron chi connectivity index (χ1n) is 23.8. The molecule has 52 heavy (non-hydrogen) atoms. The van der Waals surface area contributed by atoms with E-state index in [9.17, 15) is 20.1 Å². The van der Waals surface area contributed by atoms with Gasteiger partial charge in [0, 0.05) is 0 Å². The third-order valence-electron chi connectivity index (χ3n) is 11.4. The minimum Gasteiger partial charge on any atom is -0.394 e. The fourth-order valence-corrected chi connectivity index (χ4v) is 7.76. The molecule has 0 fully saturated rings. The van der Waals surface area contributed by atoms with Gasteiger partial charge in [-0.2, -0.15) is 0 Å². The quantitative estimate of drug-likeness (QED) is 0.0469. The van der Waals surface area contributed by atoms with Gasteiger partial charge in [-0.15, -0.1) is 0 Å². The monoisotopic (exact) mass is 738 g/mol. The van der Waals surface area contributed by atoms with Gasteiger partial charge in [-0.25, -0.2) is 0 Å². The summed E-state index contributed by atoms with van der Waals surface area (Å²) >= 11 is 0. The van der Waals surface area contributed by atoms with Gasteiger partial charge < -0.3 is 20.6 Å². The highest BCUT2D eigenvalue weighted by Gasteiger charge is 2.21. The molecule has 1 amide bonds. The summed E-state index contributed by atoms with van der Waals surface area (Å²) in [5.41, 5.74) is 0. The van der Waals surface area contributed by atoms with E-state index in [2.05, 4.69) is 19.2 Å². The third-order valence-corrected chi connectivity index (χ3v) is 11.4. The molecule has 0 aliphatic rings. The average Bonchev–Trinajstić information content (AvgIpc) is 3.14. The van der Waals surface area contributed by atoms with Crippen molar-refractivity contribution in [2.45, 2.75) is 289 Å². The number of unbranched alkanes of at least 4 members (excludes halogenated alkanes) is 35. The van der Waals surface area contributed by atoms with Gasteiger partial charge in [-0.05, 0) is 12.8 Å². The lowest BCUT2D eigenvalue weighted by atomic mass is 10.0.